The number of hydrogen-bond donors (Lipinski definition) is 0. The van der Waals surface area contributed by atoms with E-state index in [0.29, 0.717) is 30.3 Å². The third-order valence-corrected chi connectivity index (χ3v) is 7.46. The van der Waals surface area contributed by atoms with Crippen LogP contribution in [0.4, 0.5) is 10.5 Å². The Morgan fingerprint density at radius 3 is 2.56 bits per heavy atom. The van der Waals surface area contributed by atoms with Crippen LogP contribution in [-0.4, -0.2) is 45.6 Å². The van der Waals surface area contributed by atoms with Gasteiger partial charge in [0.1, 0.15) is 16.8 Å². The molecule has 0 aliphatic heterocycles. The van der Waals surface area contributed by atoms with Crippen LogP contribution in [0.15, 0.2) is 60.7 Å². The minimum Gasteiger partial charge on any atom is -0.496 e. The molecule has 9 nitrogen and oxygen atoms in total. The summed E-state index contributed by atoms with van der Waals surface area (Å²) in [4.78, 5) is 27.2. The fourth-order valence-electron chi connectivity index (χ4n) is 4.98. The lowest BCUT2D eigenvalue weighted by molar-refractivity contribution is -0.116. The smallest absolute Gasteiger partial charge is 0.496 e. The monoisotopic (exact) mass is 572 g/mol. The number of hydrogen-bond acceptors (Lipinski definition) is 8. The standard InChI is InChI=1S/C31H32N4O5S/c1-5-7-16-34(20(3)36)22-13-15-27-24(18-22)29(23-10-8-9-11-28(23)38-4)30(40-31(37)39-6-2)35(27)19-21-12-14-25-26(17-21)33-41-32-25/h8-15,17-18H,5-7,16,19H2,1-4H3. The second-order valence-corrected chi connectivity index (χ2v) is 10.1. The molecule has 5 aromatic rings. The highest BCUT2D eigenvalue weighted by Crippen LogP contribution is 2.45. The Morgan fingerprint density at radius 1 is 1.00 bits per heavy atom. The normalized spacial score (nSPS) is 11.1. The lowest BCUT2D eigenvalue weighted by Crippen LogP contribution is -2.29. The first-order chi connectivity index (χ1) is 19.9. The molecular formula is C31H32N4O5S. The summed E-state index contributed by atoms with van der Waals surface area (Å²) in [5, 5.41) is 0.811. The molecule has 212 valence electrons. The van der Waals surface area contributed by atoms with E-state index >= 15 is 0 Å². The third-order valence-electron chi connectivity index (χ3n) is 6.90. The third kappa shape index (κ3) is 5.74. The molecule has 41 heavy (non-hydrogen) atoms. The fraction of sp³-hybridized carbons (Fsp3) is 0.290. The zero-order chi connectivity index (χ0) is 28.9. The van der Waals surface area contributed by atoms with Crippen LogP contribution in [-0.2, 0) is 16.1 Å². The van der Waals surface area contributed by atoms with Crippen molar-refractivity contribution in [2.24, 2.45) is 0 Å². The van der Waals surface area contributed by atoms with E-state index in [-0.39, 0.29) is 12.5 Å². The molecule has 3 aromatic carbocycles. The minimum absolute atomic E-state index is 0.0377. The lowest BCUT2D eigenvalue weighted by atomic mass is 10.0. The summed E-state index contributed by atoms with van der Waals surface area (Å²) in [5.41, 5.74) is 5.60. The molecule has 0 aliphatic rings. The molecule has 0 saturated carbocycles. The molecule has 0 fully saturated rings. The van der Waals surface area contributed by atoms with Gasteiger partial charge in [0.05, 0.1) is 43.1 Å². The van der Waals surface area contributed by atoms with Gasteiger partial charge in [-0.25, -0.2) is 4.79 Å². The van der Waals surface area contributed by atoms with E-state index < -0.39 is 6.16 Å². The molecule has 0 N–H and O–H groups in total. The van der Waals surface area contributed by atoms with Crippen LogP contribution in [0.1, 0.15) is 39.2 Å². The number of rotatable bonds is 10. The van der Waals surface area contributed by atoms with Gasteiger partial charge in [-0.2, -0.15) is 8.75 Å². The number of para-hydroxylation sites is 1. The average Bonchev–Trinajstić information content (AvgIpc) is 3.55. The molecule has 2 heterocycles. The number of methoxy groups -OCH3 is 1. The highest BCUT2D eigenvalue weighted by Gasteiger charge is 2.26. The number of unbranched alkanes of at least 4 members (excludes halogenated alkanes) is 1. The Bertz CT molecular complexity index is 1710. The van der Waals surface area contributed by atoms with Crippen LogP contribution in [0.2, 0.25) is 0 Å². The second-order valence-electron chi connectivity index (χ2n) is 9.56. The van der Waals surface area contributed by atoms with Crippen molar-refractivity contribution >= 4 is 51.4 Å². The van der Waals surface area contributed by atoms with E-state index in [9.17, 15) is 9.59 Å². The first-order valence-electron chi connectivity index (χ1n) is 13.6. The van der Waals surface area contributed by atoms with Crippen LogP contribution < -0.4 is 14.4 Å². The van der Waals surface area contributed by atoms with Gasteiger partial charge >= 0.3 is 6.16 Å². The number of benzene rings is 3. The van der Waals surface area contributed by atoms with Crippen molar-refractivity contribution in [3.63, 3.8) is 0 Å². The van der Waals surface area contributed by atoms with Gasteiger partial charge in [-0.1, -0.05) is 37.6 Å². The zero-order valence-corrected chi connectivity index (χ0v) is 24.4. The topological polar surface area (TPSA) is 95.8 Å². The van der Waals surface area contributed by atoms with Crippen molar-refractivity contribution in [2.75, 3.05) is 25.2 Å². The highest BCUT2D eigenvalue weighted by molar-refractivity contribution is 7.00. The number of carbonyl (C=O) groups excluding carboxylic acids is 2. The molecule has 0 aliphatic carbocycles. The molecule has 5 rings (SSSR count). The minimum atomic E-state index is -0.805. The van der Waals surface area contributed by atoms with E-state index in [1.54, 1.807) is 25.9 Å². The summed E-state index contributed by atoms with van der Waals surface area (Å²) in [5.74, 6) is 0.902. The van der Waals surface area contributed by atoms with E-state index in [1.807, 2.05) is 65.2 Å². The summed E-state index contributed by atoms with van der Waals surface area (Å²) in [7, 11) is 1.61. The summed E-state index contributed by atoms with van der Waals surface area (Å²) >= 11 is 1.17. The van der Waals surface area contributed by atoms with Crippen LogP contribution in [0.25, 0.3) is 33.1 Å². The number of nitrogens with zero attached hydrogens (tertiary/aromatic N) is 4. The second kappa shape index (κ2) is 12.4. The van der Waals surface area contributed by atoms with Gasteiger partial charge in [-0.15, -0.1) is 0 Å². The van der Waals surface area contributed by atoms with Gasteiger partial charge in [0, 0.05) is 30.1 Å². The predicted octanol–water partition coefficient (Wildman–Crippen LogP) is 7.06. The van der Waals surface area contributed by atoms with Crippen molar-refractivity contribution in [1.29, 1.82) is 0 Å². The van der Waals surface area contributed by atoms with Crippen molar-refractivity contribution < 1.29 is 23.8 Å². The fourth-order valence-corrected chi connectivity index (χ4v) is 5.50. The lowest BCUT2D eigenvalue weighted by Gasteiger charge is -2.21. The van der Waals surface area contributed by atoms with Crippen LogP contribution in [0, 0.1) is 0 Å². The number of anilines is 1. The van der Waals surface area contributed by atoms with Gasteiger partial charge in [0.15, 0.2) is 0 Å². The molecule has 0 bridgehead atoms. The number of ether oxygens (including phenoxy) is 3. The Balaban J connectivity index is 1.78. The molecule has 0 radical (unpaired) electrons. The van der Waals surface area contributed by atoms with Gasteiger partial charge in [-0.3, -0.25) is 4.79 Å². The molecule has 0 atom stereocenters. The predicted molar refractivity (Wildman–Crippen MR) is 161 cm³/mol. The van der Waals surface area contributed by atoms with Crippen molar-refractivity contribution in [1.82, 2.24) is 13.3 Å². The van der Waals surface area contributed by atoms with Crippen LogP contribution in [0.3, 0.4) is 0 Å². The van der Waals surface area contributed by atoms with Gasteiger partial charge in [0.2, 0.25) is 11.8 Å². The Morgan fingerprint density at radius 2 is 1.80 bits per heavy atom. The number of fused-ring (bicyclic) bond motifs is 2. The van der Waals surface area contributed by atoms with Gasteiger partial charge < -0.3 is 23.7 Å². The largest absolute Gasteiger partial charge is 0.515 e. The van der Waals surface area contributed by atoms with Crippen LogP contribution >= 0.6 is 11.7 Å². The SMILES string of the molecule is CCCCN(C(C)=O)c1ccc2c(c1)c(-c1ccccc1OC)c(OC(=O)OCC)n2Cc1ccc2nsnc2c1. The number of amides is 1. The number of aromatic nitrogens is 3. The molecule has 1 amide bonds. The van der Waals surface area contributed by atoms with E-state index in [2.05, 4.69) is 15.7 Å². The van der Waals surface area contributed by atoms with E-state index in [1.165, 1.54) is 11.7 Å². The first kappa shape index (κ1) is 28.1. The Labute approximate surface area is 242 Å². The van der Waals surface area contributed by atoms with Crippen LogP contribution in [0.5, 0.6) is 11.6 Å². The maximum Gasteiger partial charge on any atom is 0.515 e. The Hall–Kier alpha value is -4.44. The van der Waals surface area contributed by atoms with Crippen molar-refractivity contribution in [3.05, 3.63) is 66.2 Å². The summed E-state index contributed by atoms with van der Waals surface area (Å²) in [6.45, 7) is 6.57. The van der Waals surface area contributed by atoms with Gasteiger partial charge in [0.25, 0.3) is 0 Å². The Kier molecular flexibility index (Phi) is 8.49. The van der Waals surface area contributed by atoms with Crippen molar-refractivity contribution in [3.8, 4) is 22.8 Å². The molecule has 0 spiro atoms. The average molecular weight is 573 g/mol. The van der Waals surface area contributed by atoms with Crippen molar-refractivity contribution in [2.45, 2.75) is 40.2 Å². The summed E-state index contributed by atoms with van der Waals surface area (Å²) in [6.07, 6.45) is 1.04. The van der Waals surface area contributed by atoms with E-state index in [4.69, 9.17) is 14.2 Å². The first-order valence-corrected chi connectivity index (χ1v) is 14.3. The van der Waals surface area contributed by atoms with E-state index in [0.717, 1.165) is 51.6 Å². The quantitative estimate of drug-likeness (QED) is 0.165. The maximum absolute atomic E-state index is 12.8. The molecule has 2 aromatic heterocycles. The zero-order valence-electron chi connectivity index (χ0n) is 23.5. The van der Waals surface area contributed by atoms with Gasteiger partial charge in [-0.05, 0) is 55.3 Å². The highest BCUT2D eigenvalue weighted by atomic mass is 32.1. The molecular weight excluding hydrogens is 540 g/mol. The summed E-state index contributed by atoms with van der Waals surface area (Å²) in [6, 6.07) is 19.4. The summed E-state index contributed by atoms with van der Waals surface area (Å²) < 4.78 is 27.5. The molecule has 0 unspecified atom stereocenters. The maximum atomic E-state index is 12.8. The molecule has 10 heteroatoms. The molecule has 0 saturated heterocycles. The number of carbonyl (C=O) groups is 2.